The summed E-state index contributed by atoms with van der Waals surface area (Å²) in [5.41, 5.74) is 6.14. The van der Waals surface area contributed by atoms with Gasteiger partial charge in [-0.05, 0) is 31.6 Å². The molecular weight excluding hydrogens is 248 g/mol. The summed E-state index contributed by atoms with van der Waals surface area (Å²) in [7, 11) is 0. The first-order chi connectivity index (χ1) is 7.89. The van der Waals surface area contributed by atoms with Gasteiger partial charge in [-0.15, -0.1) is 12.4 Å². The molecule has 1 heterocycles. The molecule has 1 aliphatic heterocycles. The molecule has 1 amide bonds. The number of hydrogen-bond acceptors (Lipinski definition) is 2. The van der Waals surface area contributed by atoms with E-state index in [2.05, 4.69) is 13.8 Å². The van der Waals surface area contributed by atoms with Crippen LogP contribution in [0.2, 0.25) is 0 Å². The lowest BCUT2D eigenvalue weighted by molar-refractivity contribution is -0.139. The quantitative estimate of drug-likeness (QED) is 0.858. The number of amides is 1. The van der Waals surface area contributed by atoms with Crippen molar-refractivity contribution in [1.82, 2.24) is 4.90 Å². The molecule has 0 saturated carbocycles. The number of piperidine rings is 1. The first-order valence-electron chi connectivity index (χ1n) is 6.94. The summed E-state index contributed by atoms with van der Waals surface area (Å²) < 4.78 is 0. The number of rotatable bonds is 4. The summed E-state index contributed by atoms with van der Waals surface area (Å²) in [6.07, 6.45) is 4.79. The molecule has 0 aromatic rings. The van der Waals surface area contributed by atoms with Gasteiger partial charge in [-0.3, -0.25) is 4.79 Å². The Hall–Kier alpha value is -0.280. The van der Waals surface area contributed by atoms with E-state index < -0.39 is 0 Å². The number of carbonyl (C=O) groups excluding carboxylic acids is 1. The second-order valence-electron chi connectivity index (χ2n) is 6.07. The molecule has 4 heteroatoms. The number of nitrogens with two attached hydrogens (primary N) is 1. The van der Waals surface area contributed by atoms with Gasteiger partial charge >= 0.3 is 0 Å². The molecule has 0 bridgehead atoms. The van der Waals surface area contributed by atoms with Crippen molar-refractivity contribution < 1.29 is 4.79 Å². The summed E-state index contributed by atoms with van der Waals surface area (Å²) in [5.74, 6) is 0.181. The van der Waals surface area contributed by atoms with Gasteiger partial charge in [-0.1, -0.05) is 27.2 Å². The minimum Gasteiger partial charge on any atom is -0.342 e. The molecule has 2 N–H and O–H groups in total. The molecule has 0 aromatic carbocycles. The lowest BCUT2D eigenvalue weighted by atomic mass is 9.78. The Morgan fingerprint density at radius 2 is 2.06 bits per heavy atom. The molecule has 3 unspecified atom stereocenters. The summed E-state index contributed by atoms with van der Waals surface area (Å²) in [6.45, 7) is 10.2. The van der Waals surface area contributed by atoms with Crippen molar-refractivity contribution in [1.29, 1.82) is 0 Å². The van der Waals surface area contributed by atoms with Crippen LogP contribution < -0.4 is 5.73 Å². The van der Waals surface area contributed by atoms with Crippen LogP contribution in [0.1, 0.15) is 53.4 Å². The molecule has 18 heavy (non-hydrogen) atoms. The van der Waals surface area contributed by atoms with E-state index in [-0.39, 0.29) is 30.3 Å². The van der Waals surface area contributed by atoms with Crippen LogP contribution in [0.3, 0.4) is 0 Å². The van der Waals surface area contributed by atoms with Gasteiger partial charge in [0.15, 0.2) is 0 Å². The van der Waals surface area contributed by atoms with Crippen LogP contribution in [0.15, 0.2) is 0 Å². The van der Waals surface area contributed by atoms with Crippen LogP contribution in [-0.2, 0) is 4.79 Å². The second-order valence-corrected chi connectivity index (χ2v) is 6.07. The van der Waals surface area contributed by atoms with Crippen LogP contribution in [0.5, 0.6) is 0 Å². The minimum atomic E-state index is -0.0565. The van der Waals surface area contributed by atoms with Crippen molar-refractivity contribution in [3.8, 4) is 0 Å². The van der Waals surface area contributed by atoms with E-state index in [1.807, 2.05) is 18.7 Å². The smallest absolute Gasteiger partial charge is 0.226 e. The number of carbonyl (C=O) groups is 1. The van der Waals surface area contributed by atoms with Gasteiger partial charge in [0.25, 0.3) is 0 Å². The Morgan fingerprint density at radius 3 is 2.56 bits per heavy atom. The fourth-order valence-corrected chi connectivity index (χ4v) is 2.82. The maximum atomic E-state index is 12.3. The van der Waals surface area contributed by atoms with E-state index in [0.29, 0.717) is 5.41 Å². The van der Waals surface area contributed by atoms with E-state index in [4.69, 9.17) is 5.73 Å². The predicted molar refractivity (Wildman–Crippen MR) is 78.9 cm³/mol. The fraction of sp³-hybridized carbons (Fsp3) is 0.929. The Labute approximate surface area is 118 Å². The zero-order chi connectivity index (χ0) is 13.1. The Balaban J connectivity index is 0.00000289. The van der Waals surface area contributed by atoms with E-state index in [0.717, 1.165) is 19.5 Å². The Kier molecular flexibility index (Phi) is 7.23. The van der Waals surface area contributed by atoms with E-state index in [1.165, 1.54) is 19.3 Å². The molecule has 108 valence electrons. The third-order valence-corrected chi connectivity index (χ3v) is 4.12. The molecule has 3 atom stereocenters. The zero-order valence-electron chi connectivity index (χ0n) is 12.2. The Morgan fingerprint density at radius 1 is 1.44 bits per heavy atom. The topological polar surface area (TPSA) is 46.3 Å². The molecule has 1 aliphatic rings. The molecule has 1 saturated heterocycles. The first kappa shape index (κ1) is 17.7. The lowest BCUT2D eigenvalue weighted by Gasteiger charge is -2.41. The lowest BCUT2D eigenvalue weighted by Crippen LogP contribution is -2.49. The minimum absolute atomic E-state index is 0. The van der Waals surface area contributed by atoms with E-state index >= 15 is 0 Å². The van der Waals surface area contributed by atoms with Crippen LogP contribution >= 0.6 is 12.4 Å². The summed E-state index contributed by atoms with van der Waals surface area (Å²) in [6, 6.07) is -0.0538. The molecule has 0 spiro atoms. The van der Waals surface area contributed by atoms with Gasteiger partial charge in [0.05, 0.1) is 5.92 Å². The molecular formula is C14H29ClN2O. The van der Waals surface area contributed by atoms with Crippen LogP contribution in [0.4, 0.5) is 0 Å². The molecule has 0 aliphatic carbocycles. The number of nitrogens with zero attached hydrogens (tertiary/aromatic N) is 1. The second kappa shape index (κ2) is 7.34. The van der Waals surface area contributed by atoms with Gasteiger partial charge in [0, 0.05) is 19.1 Å². The van der Waals surface area contributed by atoms with Gasteiger partial charge < -0.3 is 10.6 Å². The number of halogens is 1. The highest BCUT2D eigenvalue weighted by Crippen LogP contribution is 2.34. The Bertz CT molecular complexity index is 267. The highest BCUT2D eigenvalue weighted by Gasteiger charge is 2.34. The molecule has 1 fully saturated rings. The number of hydrogen-bond donors (Lipinski definition) is 1. The molecule has 3 nitrogen and oxygen atoms in total. The third-order valence-electron chi connectivity index (χ3n) is 4.12. The summed E-state index contributed by atoms with van der Waals surface area (Å²) >= 11 is 0. The van der Waals surface area contributed by atoms with Crippen molar-refractivity contribution in [3.63, 3.8) is 0 Å². The standard InChI is InChI=1S/C14H28N2O.ClH/c1-5-7-14(4)8-6-9-16(10-14)13(17)11(2)12(3)15;/h11-12H,5-10,15H2,1-4H3;1H. The third kappa shape index (κ3) is 4.43. The zero-order valence-corrected chi connectivity index (χ0v) is 13.1. The van der Waals surface area contributed by atoms with Gasteiger partial charge in [0.2, 0.25) is 5.91 Å². The van der Waals surface area contributed by atoms with Gasteiger partial charge in [0.1, 0.15) is 0 Å². The predicted octanol–water partition coefficient (Wildman–Crippen LogP) is 2.82. The van der Waals surface area contributed by atoms with Gasteiger partial charge in [-0.25, -0.2) is 0 Å². The first-order valence-corrected chi connectivity index (χ1v) is 6.94. The molecule has 0 radical (unpaired) electrons. The highest BCUT2D eigenvalue weighted by atomic mass is 35.5. The maximum Gasteiger partial charge on any atom is 0.226 e. The van der Waals surface area contributed by atoms with E-state index in [9.17, 15) is 4.79 Å². The largest absolute Gasteiger partial charge is 0.342 e. The normalized spacial score (nSPS) is 27.3. The average molecular weight is 277 g/mol. The molecule has 0 aromatic heterocycles. The summed E-state index contributed by atoms with van der Waals surface area (Å²) in [4.78, 5) is 14.3. The van der Waals surface area contributed by atoms with E-state index in [1.54, 1.807) is 0 Å². The highest BCUT2D eigenvalue weighted by molar-refractivity contribution is 5.85. The van der Waals surface area contributed by atoms with Crippen molar-refractivity contribution >= 4 is 18.3 Å². The van der Waals surface area contributed by atoms with Gasteiger partial charge in [-0.2, -0.15) is 0 Å². The van der Waals surface area contributed by atoms with Crippen LogP contribution in [0.25, 0.3) is 0 Å². The van der Waals surface area contributed by atoms with Crippen molar-refractivity contribution in [2.45, 2.75) is 59.4 Å². The molecule has 1 rings (SSSR count). The average Bonchev–Trinajstić information content (AvgIpc) is 2.26. The van der Waals surface area contributed by atoms with Crippen LogP contribution in [-0.4, -0.2) is 29.9 Å². The SMILES string of the molecule is CCCC1(C)CCCN(C(=O)C(C)C(C)N)C1.Cl. The maximum absolute atomic E-state index is 12.3. The fourth-order valence-electron chi connectivity index (χ4n) is 2.82. The van der Waals surface area contributed by atoms with Crippen molar-refractivity contribution in [2.75, 3.05) is 13.1 Å². The number of likely N-dealkylation sites (tertiary alicyclic amines) is 1. The van der Waals surface area contributed by atoms with Crippen molar-refractivity contribution in [2.24, 2.45) is 17.1 Å². The van der Waals surface area contributed by atoms with Crippen LogP contribution in [0, 0.1) is 11.3 Å². The summed E-state index contributed by atoms with van der Waals surface area (Å²) in [5, 5.41) is 0. The monoisotopic (exact) mass is 276 g/mol. The van der Waals surface area contributed by atoms with Crippen molar-refractivity contribution in [3.05, 3.63) is 0 Å².